The number of hydrogen-bond donors (Lipinski definition) is 1. The number of pyridine rings is 1. The van der Waals surface area contributed by atoms with E-state index in [-0.39, 0.29) is 18.0 Å². The van der Waals surface area contributed by atoms with Crippen LogP contribution in [0.15, 0.2) is 54.7 Å². The van der Waals surface area contributed by atoms with Gasteiger partial charge in [-0.05, 0) is 55.9 Å². The fourth-order valence-electron chi connectivity index (χ4n) is 5.50. The number of nitrogens with zero attached hydrogens (tertiary/aromatic N) is 7. The summed E-state index contributed by atoms with van der Waals surface area (Å²) in [5.41, 5.74) is 5.29. The smallest absolute Gasteiger partial charge is 0.222 e. The quantitative estimate of drug-likeness (QED) is 0.405. The van der Waals surface area contributed by atoms with E-state index < -0.39 is 0 Å². The van der Waals surface area contributed by atoms with Gasteiger partial charge in [-0.3, -0.25) is 9.20 Å². The molecule has 1 saturated heterocycles. The van der Waals surface area contributed by atoms with Crippen LogP contribution >= 0.6 is 11.6 Å². The number of aryl methyl sites for hydroxylation is 1. The Morgan fingerprint density at radius 1 is 1.11 bits per heavy atom. The maximum Gasteiger partial charge on any atom is 0.222 e. The molecule has 1 fully saturated rings. The van der Waals surface area contributed by atoms with Crippen LogP contribution in [-0.2, 0) is 11.3 Å². The van der Waals surface area contributed by atoms with Crippen molar-refractivity contribution in [2.45, 2.75) is 32.0 Å². The van der Waals surface area contributed by atoms with E-state index in [1.54, 1.807) is 0 Å². The number of likely N-dealkylation sites (N-methyl/N-ethyl adjacent to an activating group) is 2. The number of halogens is 1. The molecule has 0 radical (unpaired) electrons. The third-order valence-electron chi connectivity index (χ3n) is 7.41. The van der Waals surface area contributed by atoms with Gasteiger partial charge < -0.3 is 19.8 Å². The number of benzene rings is 1. The standard InChI is InChI=1S/C27H31ClN8O/c1-18-30-31-26-8-7-23-25(36(18)26)14-24(35(23)15-19-5-4-6-20(28)13-19)22-9-11-34(33(22)3)12-10-27(37)29-21-16-32(2)17-21/h4-9,11,13-14,21-22H,10,12,15-17H2,1-3H3,(H,29,37). The third-order valence-corrected chi connectivity index (χ3v) is 7.64. The zero-order valence-electron chi connectivity index (χ0n) is 21.3. The molecule has 10 heteroatoms. The average Bonchev–Trinajstić information content (AvgIpc) is 3.52. The molecule has 0 aliphatic carbocycles. The van der Waals surface area contributed by atoms with Crippen molar-refractivity contribution in [3.8, 4) is 0 Å². The lowest BCUT2D eigenvalue weighted by Crippen LogP contribution is -2.57. The first kappa shape index (κ1) is 24.0. The molecule has 192 valence electrons. The molecular weight excluding hydrogens is 488 g/mol. The molecule has 37 heavy (non-hydrogen) atoms. The Bertz CT molecular complexity index is 1500. The number of hydrazine groups is 1. The van der Waals surface area contributed by atoms with Crippen LogP contribution in [0.2, 0.25) is 5.02 Å². The summed E-state index contributed by atoms with van der Waals surface area (Å²) in [7, 11) is 4.14. The zero-order chi connectivity index (χ0) is 25.7. The lowest BCUT2D eigenvalue weighted by Gasteiger charge is -2.36. The number of hydrogen-bond acceptors (Lipinski definition) is 6. The molecule has 1 amide bonds. The molecule has 0 bridgehead atoms. The summed E-state index contributed by atoms with van der Waals surface area (Å²) in [6.07, 6.45) is 4.72. The van der Waals surface area contributed by atoms with Gasteiger partial charge in [0, 0.05) is 56.6 Å². The van der Waals surface area contributed by atoms with Crippen molar-refractivity contribution < 1.29 is 4.79 Å². The van der Waals surface area contributed by atoms with E-state index in [1.807, 2.05) is 31.2 Å². The molecule has 1 unspecified atom stereocenters. The zero-order valence-corrected chi connectivity index (χ0v) is 22.1. The lowest BCUT2D eigenvalue weighted by molar-refractivity contribution is -0.123. The van der Waals surface area contributed by atoms with Crippen LogP contribution in [0.5, 0.6) is 0 Å². The first-order valence-electron chi connectivity index (χ1n) is 12.6. The van der Waals surface area contributed by atoms with Gasteiger partial charge in [-0.1, -0.05) is 23.7 Å². The van der Waals surface area contributed by atoms with Crippen LogP contribution in [0.1, 0.15) is 29.5 Å². The minimum atomic E-state index is 0.0155. The summed E-state index contributed by atoms with van der Waals surface area (Å²) in [6.45, 7) is 5.13. The van der Waals surface area contributed by atoms with Crippen LogP contribution in [0.25, 0.3) is 16.7 Å². The summed E-state index contributed by atoms with van der Waals surface area (Å²) >= 11 is 6.32. The topological polar surface area (TPSA) is 73.9 Å². The monoisotopic (exact) mass is 518 g/mol. The van der Waals surface area contributed by atoms with Gasteiger partial charge in [0.25, 0.3) is 0 Å². The van der Waals surface area contributed by atoms with Crippen molar-refractivity contribution in [3.63, 3.8) is 0 Å². The molecule has 3 aromatic heterocycles. The first-order valence-corrected chi connectivity index (χ1v) is 13.0. The molecule has 0 spiro atoms. The second kappa shape index (κ2) is 9.48. The highest BCUT2D eigenvalue weighted by molar-refractivity contribution is 6.30. The van der Waals surface area contributed by atoms with Crippen LogP contribution in [0, 0.1) is 6.92 Å². The Morgan fingerprint density at radius 2 is 1.95 bits per heavy atom. The Labute approximate surface area is 220 Å². The number of fused-ring (bicyclic) bond motifs is 3. The minimum absolute atomic E-state index is 0.0155. The van der Waals surface area contributed by atoms with Gasteiger partial charge in [0.05, 0.1) is 23.1 Å². The summed E-state index contributed by atoms with van der Waals surface area (Å²) < 4.78 is 4.45. The maximum absolute atomic E-state index is 12.5. The average molecular weight is 519 g/mol. The molecular formula is C27H31ClN8O. The molecule has 4 aromatic rings. The largest absolute Gasteiger partial charge is 0.351 e. The maximum atomic E-state index is 12.5. The lowest BCUT2D eigenvalue weighted by atomic mass is 10.1. The SMILES string of the molecule is Cc1nnc2ccc3c(cc(C4C=CN(CCC(=O)NC5CN(C)C5)N4C)n3Cc3cccc(Cl)c3)n12. The predicted molar refractivity (Wildman–Crippen MR) is 144 cm³/mol. The Kier molecular flexibility index (Phi) is 6.14. The second-order valence-corrected chi connectivity index (χ2v) is 10.5. The summed E-state index contributed by atoms with van der Waals surface area (Å²) in [5.74, 6) is 0.955. The number of aromatic nitrogens is 4. The van der Waals surface area contributed by atoms with Crippen LogP contribution < -0.4 is 5.32 Å². The molecule has 5 heterocycles. The van der Waals surface area contributed by atoms with Gasteiger partial charge in [-0.15, -0.1) is 10.2 Å². The first-order chi connectivity index (χ1) is 17.9. The summed E-state index contributed by atoms with van der Waals surface area (Å²) in [4.78, 5) is 14.7. The molecule has 0 saturated carbocycles. The van der Waals surface area contributed by atoms with E-state index in [0.29, 0.717) is 19.5 Å². The van der Waals surface area contributed by atoms with Gasteiger partial charge >= 0.3 is 0 Å². The number of carbonyl (C=O) groups excluding carboxylic acids is 1. The van der Waals surface area contributed by atoms with Crippen molar-refractivity contribution in [2.75, 3.05) is 33.7 Å². The normalized spacial score (nSPS) is 18.8. The van der Waals surface area contributed by atoms with E-state index in [2.05, 4.69) is 84.0 Å². The van der Waals surface area contributed by atoms with Crippen molar-refractivity contribution >= 4 is 34.2 Å². The molecule has 9 nitrogen and oxygen atoms in total. The Hall–Kier alpha value is -3.40. The van der Waals surface area contributed by atoms with E-state index in [0.717, 1.165) is 51.9 Å². The van der Waals surface area contributed by atoms with Gasteiger partial charge in [0.2, 0.25) is 5.91 Å². The third kappa shape index (κ3) is 4.47. The number of nitrogens with one attached hydrogen (secondary N) is 1. The molecule has 1 N–H and O–H groups in total. The molecule has 2 aliphatic rings. The molecule has 6 rings (SSSR count). The number of amides is 1. The van der Waals surface area contributed by atoms with Crippen LogP contribution in [0.3, 0.4) is 0 Å². The van der Waals surface area contributed by atoms with E-state index in [9.17, 15) is 4.79 Å². The predicted octanol–water partition coefficient (Wildman–Crippen LogP) is 3.23. The van der Waals surface area contributed by atoms with E-state index >= 15 is 0 Å². The van der Waals surface area contributed by atoms with Gasteiger partial charge in [-0.2, -0.15) is 0 Å². The fraction of sp³-hybridized carbons (Fsp3) is 0.370. The summed E-state index contributed by atoms with van der Waals surface area (Å²) in [6, 6.07) is 14.7. The highest BCUT2D eigenvalue weighted by Crippen LogP contribution is 2.34. The second-order valence-electron chi connectivity index (χ2n) is 10.1. The van der Waals surface area contributed by atoms with Crippen LogP contribution in [-0.4, -0.2) is 79.8 Å². The van der Waals surface area contributed by atoms with E-state index in [1.165, 1.54) is 0 Å². The number of carbonyl (C=O) groups is 1. The van der Waals surface area contributed by atoms with Gasteiger partial charge in [0.15, 0.2) is 5.65 Å². The van der Waals surface area contributed by atoms with Gasteiger partial charge in [-0.25, -0.2) is 5.01 Å². The Morgan fingerprint density at radius 3 is 2.73 bits per heavy atom. The highest BCUT2D eigenvalue weighted by Gasteiger charge is 2.29. The number of rotatable bonds is 7. The molecule has 2 aliphatic heterocycles. The highest BCUT2D eigenvalue weighted by atomic mass is 35.5. The van der Waals surface area contributed by atoms with Crippen molar-refractivity contribution in [2.24, 2.45) is 0 Å². The van der Waals surface area contributed by atoms with Crippen molar-refractivity contribution in [1.82, 2.24) is 39.4 Å². The number of likely N-dealkylation sites (tertiary alicyclic amines) is 1. The summed E-state index contributed by atoms with van der Waals surface area (Å²) in [5, 5.41) is 16.8. The van der Waals surface area contributed by atoms with Gasteiger partial charge in [0.1, 0.15) is 5.82 Å². The van der Waals surface area contributed by atoms with E-state index in [4.69, 9.17) is 11.6 Å². The molecule has 1 aromatic carbocycles. The van der Waals surface area contributed by atoms with Crippen molar-refractivity contribution in [1.29, 1.82) is 0 Å². The fourth-order valence-corrected chi connectivity index (χ4v) is 5.71. The van der Waals surface area contributed by atoms with Crippen molar-refractivity contribution in [3.05, 3.63) is 76.8 Å². The molecule has 1 atom stereocenters. The van der Waals surface area contributed by atoms with Crippen LogP contribution in [0.4, 0.5) is 0 Å². The Balaban J connectivity index is 1.29. The minimum Gasteiger partial charge on any atom is -0.351 e.